The molecule has 24 heavy (non-hydrogen) atoms. The number of nitrogens with one attached hydrogen (secondary N) is 2. The predicted octanol–water partition coefficient (Wildman–Crippen LogP) is 2.57. The van der Waals surface area contributed by atoms with Crippen molar-refractivity contribution >= 4 is 36.4 Å². The van der Waals surface area contributed by atoms with Gasteiger partial charge in [0.25, 0.3) is 0 Å². The fourth-order valence-corrected chi connectivity index (χ4v) is 4.11. The molecule has 5 nitrogen and oxygen atoms in total. The second-order valence-corrected chi connectivity index (χ2v) is 6.61. The third kappa shape index (κ3) is 3.25. The molecule has 3 heterocycles. The number of carbonyl (C=O) groups is 1. The van der Waals surface area contributed by atoms with Crippen molar-refractivity contribution in [2.75, 3.05) is 13.1 Å². The van der Waals surface area contributed by atoms with Gasteiger partial charge in [-0.2, -0.15) is 0 Å². The molecule has 4 rings (SSSR count). The lowest BCUT2D eigenvalue weighted by atomic mass is 9.67. The number of hydrogen-bond acceptors (Lipinski definition) is 3. The summed E-state index contributed by atoms with van der Waals surface area (Å²) in [7, 11) is 0. The summed E-state index contributed by atoms with van der Waals surface area (Å²) in [4.78, 5) is 17.3. The van der Waals surface area contributed by atoms with Crippen LogP contribution < -0.4 is 10.6 Å². The van der Waals surface area contributed by atoms with Crippen LogP contribution in [-0.2, 0) is 11.3 Å². The smallest absolute Gasteiger partial charge is 0.228 e. The second kappa shape index (κ2) is 7.72. The Bertz CT molecular complexity index is 672. The van der Waals surface area contributed by atoms with Crippen molar-refractivity contribution in [1.29, 1.82) is 0 Å². The van der Waals surface area contributed by atoms with Gasteiger partial charge in [0.2, 0.25) is 5.91 Å². The summed E-state index contributed by atoms with van der Waals surface area (Å²) in [6.45, 7) is 2.32. The van der Waals surface area contributed by atoms with E-state index in [1.165, 1.54) is 19.3 Å². The molecule has 1 saturated heterocycles. The van der Waals surface area contributed by atoms with Gasteiger partial charge in [0.05, 0.1) is 17.7 Å². The zero-order chi connectivity index (χ0) is 15.0. The van der Waals surface area contributed by atoms with Gasteiger partial charge in [0.15, 0.2) is 0 Å². The van der Waals surface area contributed by atoms with Crippen molar-refractivity contribution in [3.63, 3.8) is 0 Å². The minimum absolute atomic E-state index is 0. The molecule has 132 valence electrons. The number of halogens is 2. The number of pyridine rings is 1. The van der Waals surface area contributed by atoms with Gasteiger partial charge in [-0.25, -0.2) is 4.98 Å². The third-order valence-corrected chi connectivity index (χ3v) is 5.33. The van der Waals surface area contributed by atoms with Crippen LogP contribution in [0.5, 0.6) is 0 Å². The van der Waals surface area contributed by atoms with E-state index >= 15 is 0 Å². The maximum atomic E-state index is 12.8. The summed E-state index contributed by atoms with van der Waals surface area (Å²) in [5.74, 6) is 0.710. The molecule has 2 atom stereocenters. The first-order valence-electron chi connectivity index (χ1n) is 8.20. The number of aromatic nitrogens is 2. The Morgan fingerprint density at radius 3 is 3.08 bits per heavy atom. The first-order chi connectivity index (χ1) is 10.8. The van der Waals surface area contributed by atoms with E-state index < -0.39 is 0 Å². The zero-order valence-corrected chi connectivity index (χ0v) is 15.2. The van der Waals surface area contributed by atoms with E-state index in [0.29, 0.717) is 12.5 Å². The molecule has 0 radical (unpaired) electrons. The normalized spacial score (nSPS) is 25.4. The van der Waals surface area contributed by atoms with Crippen LogP contribution in [0.2, 0.25) is 0 Å². The zero-order valence-electron chi connectivity index (χ0n) is 13.5. The minimum atomic E-state index is -0.183. The van der Waals surface area contributed by atoms with Crippen LogP contribution >= 0.6 is 24.8 Å². The van der Waals surface area contributed by atoms with Gasteiger partial charge in [0.1, 0.15) is 5.65 Å². The molecular formula is C17H24Cl2N4O. The summed E-state index contributed by atoms with van der Waals surface area (Å²) in [6, 6.07) is 5.93. The first kappa shape index (κ1) is 19.0. The number of nitrogens with zero attached hydrogens (tertiary/aromatic N) is 2. The molecule has 7 heteroatoms. The Morgan fingerprint density at radius 2 is 2.25 bits per heavy atom. The SMILES string of the molecule is Cl.Cl.O=C(NCc1cn2ccccc2n1)[C@@]12CCCC[C@H]1CNC2. The summed E-state index contributed by atoms with van der Waals surface area (Å²) in [6.07, 6.45) is 8.58. The molecule has 2 aromatic heterocycles. The van der Waals surface area contributed by atoms with Crippen molar-refractivity contribution in [2.45, 2.75) is 32.2 Å². The number of rotatable bonds is 3. The Morgan fingerprint density at radius 1 is 1.38 bits per heavy atom. The highest BCUT2D eigenvalue weighted by atomic mass is 35.5. The number of carbonyl (C=O) groups excluding carboxylic acids is 1. The number of hydrogen-bond donors (Lipinski definition) is 2. The number of fused-ring (bicyclic) bond motifs is 2. The highest BCUT2D eigenvalue weighted by molar-refractivity contribution is 5.85. The van der Waals surface area contributed by atoms with E-state index in [-0.39, 0.29) is 36.1 Å². The van der Waals surface area contributed by atoms with Crippen molar-refractivity contribution < 1.29 is 4.79 Å². The molecule has 2 aromatic rings. The van der Waals surface area contributed by atoms with Crippen LogP contribution in [0, 0.1) is 11.3 Å². The van der Waals surface area contributed by atoms with Crippen LogP contribution in [0.25, 0.3) is 5.65 Å². The van der Waals surface area contributed by atoms with E-state index in [4.69, 9.17) is 0 Å². The maximum Gasteiger partial charge on any atom is 0.228 e. The molecule has 0 bridgehead atoms. The van der Waals surface area contributed by atoms with Crippen LogP contribution in [0.1, 0.15) is 31.4 Å². The molecule has 2 aliphatic rings. The molecule has 0 spiro atoms. The molecule has 1 aliphatic heterocycles. The Kier molecular flexibility index (Phi) is 6.12. The largest absolute Gasteiger partial charge is 0.350 e. The van der Waals surface area contributed by atoms with Gasteiger partial charge in [-0.1, -0.05) is 18.9 Å². The second-order valence-electron chi connectivity index (χ2n) is 6.61. The molecule has 2 fully saturated rings. The lowest BCUT2D eigenvalue weighted by molar-refractivity contribution is -0.134. The fourth-order valence-electron chi connectivity index (χ4n) is 4.11. The van der Waals surface area contributed by atoms with Gasteiger partial charge in [-0.3, -0.25) is 4.79 Å². The Hall–Kier alpha value is -1.30. The van der Waals surface area contributed by atoms with Gasteiger partial charge in [-0.15, -0.1) is 24.8 Å². The quantitative estimate of drug-likeness (QED) is 0.872. The molecule has 0 unspecified atom stereocenters. The predicted molar refractivity (Wildman–Crippen MR) is 98.8 cm³/mol. The number of amides is 1. The van der Waals surface area contributed by atoms with E-state index in [9.17, 15) is 4.79 Å². The molecule has 2 N–H and O–H groups in total. The van der Waals surface area contributed by atoms with Crippen LogP contribution in [0.15, 0.2) is 30.6 Å². The highest BCUT2D eigenvalue weighted by Gasteiger charge is 2.49. The van der Waals surface area contributed by atoms with Gasteiger partial charge in [0, 0.05) is 18.9 Å². The van der Waals surface area contributed by atoms with Crippen molar-refractivity contribution in [3.8, 4) is 0 Å². The van der Waals surface area contributed by atoms with E-state index in [1.54, 1.807) is 0 Å². The van der Waals surface area contributed by atoms with Gasteiger partial charge in [-0.05, 0) is 37.4 Å². The average molecular weight is 371 g/mol. The molecule has 1 amide bonds. The van der Waals surface area contributed by atoms with Crippen molar-refractivity contribution in [3.05, 3.63) is 36.3 Å². The summed E-state index contributed by atoms with van der Waals surface area (Å²) < 4.78 is 1.99. The van der Waals surface area contributed by atoms with E-state index in [1.807, 2.05) is 35.0 Å². The molecular weight excluding hydrogens is 347 g/mol. The summed E-state index contributed by atoms with van der Waals surface area (Å²) in [5.41, 5.74) is 1.65. The summed E-state index contributed by atoms with van der Waals surface area (Å²) in [5, 5.41) is 6.56. The number of imidazole rings is 1. The summed E-state index contributed by atoms with van der Waals surface area (Å²) >= 11 is 0. The maximum absolute atomic E-state index is 12.8. The van der Waals surface area contributed by atoms with Gasteiger partial charge >= 0.3 is 0 Å². The monoisotopic (exact) mass is 370 g/mol. The average Bonchev–Trinajstić information content (AvgIpc) is 3.16. The Balaban J connectivity index is 0.00000104. The lowest BCUT2D eigenvalue weighted by Gasteiger charge is -2.37. The van der Waals surface area contributed by atoms with Crippen LogP contribution in [0.3, 0.4) is 0 Å². The van der Waals surface area contributed by atoms with Crippen LogP contribution in [0.4, 0.5) is 0 Å². The Labute approximate surface area is 154 Å². The molecule has 1 saturated carbocycles. The van der Waals surface area contributed by atoms with Gasteiger partial charge < -0.3 is 15.0 Å². The standard InChI is InChI=1S/C17H22N4O.2ClH/c22-16(17-7-3-1-5-13(17)9-18-12-17)19-10-14-11-21-8-4-2-6-15(21)20-14;;/h2,4,6,8,11,13,18H,1,3,5,7,9-10,12H2,(H,19,22);2*1H/t13-,17+;;/m0../s1. The van der Waals surface area contributed by atoms with Crippen LogP contribution in [-0.4, -0.2) is 28.4 Å². The van der Waals surface area contributed by atoms with Crippen molar-refractivity contribution in [2.24, 2.45) is 11.3 Å². The molecule has 1 aliphatic carbocycles. The molecule has 0 aromatic carbocycles. The third-order valence-electron chi connectivity index (χ3n) is 5.33. The highest BCUT2D eigenvalue weighted by Crippen LogP contribution is 2.43. The lowest BCUT2D eigenvalue weighted by Crippen LogP contribution is -2.47. The first-order valence-corrected chi connectivity index (χ1v) is 8.20. The fraction of sp³-hybridized carbons (Fsp3) is 0.529. The van der Waals surface area contributed by atoms with E-state index in [0.717, 1.165) is 30.9 Å². The topological polar surface area (TPSA) is 58.4 Å². The minimum Gasteiger partial charge on any atom is -0.350 e. The van der Waals surface area contributed by atoms with Crippen molar-refractivity contribution in [1.82, 2.24) is 20.0 Å². The van der Waals surface area contributed by atoms with E-state index in [2.05, 4.69) is 15.6 Å².